The molecule has 1 aromatic heterocycles. The van der Waals surface area contributed by atoms with Crippen LogP contribution in [0.5, 0.6) is 0 Å². The summed E-state index contributed by atoms with van der Waals surface area (Å²) >= 11 is 0. The third kappa shape index (κ3) is 3.82. The van der Waals surface area contributed by atoms with E-state index in [1.165, 1.54) is 6.20 Å². The summed E-state index contributed by atoms with van der Waals surface area (Å²) in [6.07, 6.45) is -1.37. The molecule has 0 bridgehead atoms. The number of halogens is 3. The van der Waals surface area contributed by atoms with Crippen molar-refractivity contribution >= 4 is 5.82 Å². The minimum Gasteiger partial charge on any atom is -0.356 e. The highest BCUT2D eigenvalue weighted by molar-refractivity contribution is 5.38. The Bertz CT molecular complexity index is 428. The van der Waals surface area contributed by atoms with Crippen LogP contribution in [0.15, 0.2) is 12.3 Å². The van der Waals surface area contributed by atoms with Gasteiger partial charge in [-0.15, -0.1) is 0 Å². The number of alkyl halides is 3. The second-order valence-electron chi connectivity index (χ2n) is 4.97. The summed E-state index contributed by atoms with van der Waals surface area (Å²) in [6, 6.07) is 1.54. The lowest BCUT2D eigenvalue weighted by atomic mass is 9.97. The minimum absolute atomic E-state index is 0.370. The predicted octanol–water partition coefficient (Wildman–Crippen LogP) is 2.32. The number of piperidine rings is 1. The molecule has 0 amide bonds. The largest absolute Gasteiger partial charge is 0.451 e. The van der Waals surface area contributed by atoms with Crippen LogP contribution in [0.4, 0.5) is 19.0 Å². The van der Waals surface area contributed by atoms with Gasteiger partial charge in [0.1, 0.15) is 5.82 Å². The third-order valence-corrected chi connectivity index (χ3v) is 3.52. The van der Waals surface area contributed by atoms with Crippen molar-refractivity contribution in [3.8, 4) is 0 Å². The molecule has 2 heterocycles. The van der Waals surface area contributed by atoms with Crippen LogP contribution in [-0.4, -0.2) is 36.1 Å². The fourth-order valence-electron chi connectivity index (χ4n) is 2.38. The highest BCUT2D eigenvalue weighted by Gasteiger charge is 2.35. The fraction of sp³-hybridized carbons (Fsp3) is 0.692. The molecule has 1 aliphatic rings. The summed E-state index contributed by atoms with van der Waals surface area (Å²) < 4.78 is 37.8. The molecule has 4 nitrogen and oxygen atoms in total. The van der Waals surface area contributed by atoms with Crippen LogP contribution >= 0.6 is 0 Å². The van der Waals surface area contributed by atoms with Gasteiger partial charge in [-0.1, -0.05) is 6.92 Å². The summed E-state index contributed by atoms with van der Waals surface area (Å²) in [7, 11) is 0. The first kappa shape index (κ1) is 15.0. The smallest absolute Gasteiger partial charge is 0.356 e. The van der Waals surface area contributed by atoms with Crippen molar-refractivity contribution in [1.82, 2.24) is 15.3 Å². The lowest BCUT2D eigenvalue weighted by Crippen LogP contribution is -2.38. The Kier molecular flexibility index (Phi) is 4.80. The summed E-state index contributed by atoms with van der Waals surface area (Å²) in [5, 5.41) is 3.31. The van der Waals surface area contributed by atoms with Gasteiger partial charge < -0.3 is 10.2 Å². The van der Waals surface area contributed by atoms with Gasteiger partial charge in [0, 0.05) is 19.3 Å². The number of nitrogens with one attached hydrogen (secondary N) is 1. The maximum Gasteiger partial charge on any atom is 0.451 e. The molecular formula is C13H19F3N4. The second-order valence-corrected chi connectivity index (χ2v) is 4.97. The van der Waals surface area contributed by atoms with Crippen molar-refractivity contribution in [2.45, 2.75) is 25.9 Å². The zero-order valence-electron chi connectivity index (χ0n) is 11.5. The molecule has 0 radical (unpaired) electrons. The maximum absolute atomic E-state index is 12.6. The van der Waals surface area contributed by atoms with Gasteiger partial charge in [-0.05, 0) is 37.9 Å². The Balaban J connectivity index is 1.97. The maximum atomic E-state index is 12.6. The first-order chi connectivity index (χ1) is 9.50. The predicted molar refractivity (Wildman–Crippen MR) is 70.5 cm³/mol. The lowest BCUT2D eigenvalue weighted by Gasteiger charge is -2.33. The number of aromatic nitrogens is 2. The molecule has 0 atom stereocenters. The average Bonchev–Trinajstić information content (AvgIpc) is 2.45. The van der Waals surface area contributed by atoms with E-state index in [0.717, 1.165) is 39.0 Å². The van der Waals surface area contributed by atoms with Gasteiger partial charge in [-0.2, -0.15) is 13.2 Å². The Morgan fingerprint density at radius 2 is 2.05 bits per heavy atom. The van der Waals surface area contributed by atoms with Crippen LogP contribution in [0.25, 0.3) is 0 Å². The average molecular weight is 288 g/mol. The summed E-state index contributed by atoms with van der Waals surface area (Å²) in [6.45, 7) is 5.46. The van der Waals surface area contributed by atoms with E-state index in [9.17, 15) is 13.2 Å². The molecular weight excluding hydrogens is 269 g/mol. The first-order valence-corrected chi connectivity index (χ1v) is 6.86. The standard InChI is InChI=1S/C13H19F3N4/c1-2-17-9-10-4-7-20(8-5-10)11-3-6-18-12(19-11)13(14,15)16/h3,6,10,17H,2,4-5,7-9H2,1H3. The molecule has 0 saturated carbocycles. The van der Waals surface area contributed by atoms with Gasteiger partial charge in [0.15, 0.2) is 0 Å². The Morgan fingerprint density at radius 1 is 1.35 bits per heavy atom. The van der Waals surface area contributed by atoms with E-state index < -0.39 is 12.0 Å². The van der Waals surface area contributed by atoms with Crippen molar-refractivity contribution in [2.24, 2.45) is 5.92 Å². The van der Waals surface area contributed by atoms with E-state index in [-0.39, 0.29) is 0 Å². The summed E-state index contributed by atoms with van der Waals surface area (Å²) in [5.41, 5.74) is 0. The second kappa shape index (κ2) is 6.39. The third-order valence-electron chi connectivity index (χ3n) is 3.52. The SMILES string of the molecule is CCNCC1CCN(c2ccnc(C(F)(F)F)n2)CC1. The summed E-state index contributed by atoms with van der Waals surface area (Å²) in [5.74, 6) is -0.103. The molecule has 1 aliphatic heterocycles. The highest BCUT2D eigenvalue weighted by atomic mass is 19.4. The molecule has 0 aromatic carbocycles. The Labute approximate surface area is 116 Å². The monoisotopic (exact) mass is 288 g/mol. The van der Waals surface area contributed by atoms with Crippen LogP contribution in [0.1, 0.15) is 25.6 Å². The van der Waals surface area contributed by atoms with Gasteiger partial charge in [0.2, 0.25) is 5.82 Å². The van der Waals surface area contributed by atoms with Crippen LogP contribution in [0.2, 0.25) is 0 Å². The molecule has 0 spiro atoms. The van der Waals surface area contributed by atoms with Crippen molar-refractivity contribution in [1.29, 1.82) is 0 Å². The Morgan fingerprint density at radius 3 is 2.65 bits per heavy atom. The van der Waals surface area contributed by atoms with Crippen LogP contribution in [0.3, 0.4) is 0 Å². The van der Waals surface area contributed by atoms with Gasteiger partial charge in [0.25, 0.3) is 0 Å². The molecule has 1 aromatic rings. The van der Waals surface area contributed by atoms with Crippen molar-refractivity contribution in [2.75, 3.05) is 31.1 Å². The molecule has 1 fully saturated rings. The van der Waals surface area contributed by atoms with E-state index in [1.54, 1.807) is 6.07 Å². The number of hydrogen-bond donors (Lipinski definition) is 1. The number of anilines is 1. The number of nitrogens with zero attached hydrogens (tertiary/aromatic N) is 3. The molecule has 1 saturated heterocycles. The van der Waals surface area contributed by atoms with Gasteiger partial charge >= 0.3 is 6.18 Å². The van der Waals surface area contributed by atoms with Gasteiger partial charge in [0.05, 0.1) is 0 Å². The number of hydrogen-bond acceptors (Lipinski definition) is 4. The van der Waals surface area contributed by atoms with E-state index in [1.807, 2.05) is 4.90 Å². The van der Waals surface area contributed by atoms with E-state index in [0.29, 0.717) is 11.7 Å². The van der Waals surface area contributed by atoms with Crippen LogP contribution < -0.4 is 10.2 Å². The van der Waals surface area contributed by atoms with Crippen molar-refractivity contribution in [3.05, 3.63) is 18.1 Å². The summed E-state index contributed by atoms with van der Waals surface area (Å²) in [4.78, 5) is 8.82. The normalized spacial score (nSPS) is 17.5. The highest BCUT2D eigenvalue weighted by Crippen LogP contribution is 2.28. The molecule has 2 rings (SSSR count). The zero-order chi connectivity index (χ0) is 14.6. The lowest BCUT2D eigenvalue weighted by molar-refractivity contribution is -0.144. The topological polar surface area (TPSA) is 41.0 Å². The van der Waals surface area contributed by atoms with E-state index >= 15 is 0 Å². The number of rotatable bonds is 4. The first-order valence-electron chi connectivity index (χ1n) is 6.86. The molecule has 0 aliphatic carbocycles. The van der Waals surface area contributed by atoms with Crippen LogP contribution in [-0.2, 0) is 6.18 Å². The van der Waals surface area contributed by atoms with Crippen molar-refractivity contribution < 1.29 is 13.2 Å². The fourth-order valence-corrected chi connectivity index (χ4v) is 2.38. The molecule has 20 heavy (non-hydrogen) atoms. The van der Waals surface area contributed by atoms with E-state index in [4.69, 9.17) is 0 Å². The van der Waals surface area contributed by atoms with E-state index in [2.05, 4.69) is 22.2 Å². The van der Waals surface area contributed by atoms with Gasteiger partial charge in [-0.25, -0.2) is 9.97 Å². The van der Waals surface area contributed by atoms with Crippen molar-refractivity contribution in [3.63, 3.8) is 0 Å². The molecule has 0 unspecified atom stereocenters. The minimum atomic E-state index is -4.49. The zero-order valence-corrected chi connectivity index (χ0v) is 11.5. The Hall–Kier alpha value is -1.37. The quantitative estimate of drug-likeness (QED) is 0.923. The molecule has 112 valence electrons. The van der Waals surface area contributed by atoms with Gasteiger partial charge in [-0.3, -0.25) is 0 Å². The molecule has 1 N–H and O–H groups in total. The van der Waals surface area contributed by atoms with Crippen LogP contribution in [0, 0.1) is 5.92 Å². The molecule has 7 heteroatoms.